The number of carbonyl (C=O) groups is 5. The first-order valence-corrected chi connectivity index (χ1v) is 20.2. The number of hydrogen-bond donors (Lipinski definition) is 4. The van der Waals surface area contributed by atoms with Gasteiger partial charge in [-0.1, -0.05) is 79.4 Å². The van der Waals surface area contributed by atoms with Gasteiger partial charge in [-0.25, -0.2) is 18.2 Å². The fourth-order valence-electron chi connectivity index (χ4n) is 7.53. The Kier molecular flexibility index (Phi) is 13.5. The molecule has 1 aliphatic heterocycles. The van der Waals surface area contributed by atoms with Crippen LogP contribution in [0.3, 0.4) is 0 Å². The molecule has 0 spiro atoms. The van der Waals surface area contributed by atoms with Crippen LogP contribution in [-0.2, 0) is 29.2 Å². The number of Topliss-reactive ketones (excluding diaryl/α,β-unsaturated/α-hetero) is 1. The molecular formula is C38H59N7O7S. The summed E-state index contributed by atoms with van der Waals surface area (Å²) >= 11 is 0. The van der Waals surface area contributed by atoms with Crippen molar-refractivity contribution in [2.24, 2.45) is 28.6 Å². The minimum atomic E-state index is -3.95. The lowest BCUT2D eigenvalue weighted by molar-refractivity contribution is -0.144. The number of carbonyl (C=O) groups excluding carboxylic acids is 5. The van der Waals surface area contributed by atoms with Gasteiger partial charge in [0.2, 0.25) is 17.6 Å². The molecular weight excluding hydrogens is 699 g/mol. The second-order valence-corrected chi connectivity index (χ2v) is 19.0. The van der Waals surface area contributed by atoms with Crippen LogP contribution < -0.4 is 21.3 Å². The Morgan fingerprint density at radius 1 is 0.981 bits per heavy atom. The van der Waals surface area contributed by atoms with Gasteiger partial charge in [0, 0.05) is 38.9 Å². The van der Waals surface area contributed by atoms with Crippen molar-refractivity contribution in [3.05, 3.63) is 37.1 Å². The van der Waals surface area contributed by atoms with Crippen LogP contribution >= 0.6 is 0 Å². The van der Waals surface area contributed by atoms with E-state index in [2.05, 4.69) is 32.8 Å². The van der Waals surface area contributed by atoms with Crippen LogP contribution in [-0.4, -0.2) is 103 Å². The molecule has 53 heavy (non-hydrogen) atoms. The molecule has 1 aromatic rings. The first kappa shape index (κ1) is 41.9. The highest BCUT2D eigenvalue weighted by Gasteiger charge is 2.52. The number of sulfonamides is 1. The molecule has 15 heteroatoms. The van der Waals surface area contributed by atoms with Crippen LogP contribution in [0.1, 0.15) is 86.5 Å². The Morgan fingerprint density at radius 2 is 1.66 bits per heavy atom. The van der Waals surface area contributed by atoms with E-state index in [1.54, 1.807) is 17.0 Å². The standard InChI is InChI=1S/C38H59N7O7S/c1-9-19-40-34(48)31(46)27(21-24-14-12-15-24)41-33(47)30-26-17-13-16-25(26)22-45(30)35(49)32(38(5,6)7)43-36(50)42-28(37(2,3)4)23-44(8)53(51,52)29-18-10-11-20-39-29/h9-11,18,20,24-28,30,32H,1,12-17,19,21-23H2,2-8H3,(H,40,48)(H,41,47)(H2,42,43,50)/t25-,26-,27?,28+,30-,32+/m0/s1. The van der Waals surface area contributed by atoms with Gasteiger partial charge in [-0.05, 0) is 60.0 Å². The molecule has 3 fully saturated rings. The van der Waals surface area contributed by atoms with Crippen LogP contribution in [0.4, 0.5) is 4.79 Å². The Bertz CT molecular complexity index is 1620. The fourth-order valence-corrected chi connectivity index (χ4v) is 8.63. The zero-order valence-corrected chi connectivity index (χ0v) is 33.1. The van der Waals surface area contributed by atoms with Crippen molar-refractivity contribution in [2.75, 3.05) is 26.7 Å². The van der Waals surface area contributed by atoms with Gasteiger partial charge in [-0.3, -0.25) is 19.2 Å². The summed E-state index contributed by atoms with van der Waals surface area (Å²) in [4.78, 5) is 74.1. The third-order valence-corrected chi connectivity index (χ3v) is 12.7. The van der Waals surface area contributed by atoms with Crippen LogP contribution in [0, 0.1) is 28.6 Å². The van der Waals surface area contributed by atoms with E-state index in [9.17, 15) is 32.4 Å². The molecule has 5 amide bonds. The van der Waals surface area contributed by atoms with Crippen molar-refractivity contribution >= 4 is 39.6 Å². The number of hydrogen-bond acceptors (Lipinski definition) is 8. The van der Waals surface area contributed by atoms with E-state index in [4.69, 9.17) is 0 Å². The van der Waals surface area contributed by atoms with Crippen molar-refractivity contribution in [2.45, 2.75) is 116 Å². The van der Waals surface area contributed by atoms with Gasteiger partial charge >= 0.3 is 6.03 Å². The number of amides is 5. The summed E-state index contributed by atoms with van der Waals surface area (Å²) in [5.41, 5.74) is -1.37. The summed E-state index contributed by atoms with van der Waals surface area (Å²) in [5, 5.41) is 11.1. The number of likely N-dealkylation sites (tertiary alicyclic amines) is 1. The van der Waals surface area contributed by atoms with Crippen molar-refractivity contribution in [3.8, 4) is 0 Å². The van der Waals surface area contributed by atoms with Crippen molar-refractivity contribution < 1.29 is 32.4 Å². The summed E-state index contributed by atoms with van der Waals surface area (Å²) in [7, 11) is -2.52. The predicted molar refractivity (Wildman–Crippen MR) is 201 cm³/mol. The number of fused-ring (bicyclic) bond motifs is 1. The van der Waals surface area contributed by atoms with Crippen LogP contribution in [0.25, 0.3) is 0 Å². The van der Waals surface area contributed by atoms with E-state index in [1.807, 2.05) is 41.5 Å². The van der Waals surface area contributed by atoms with E-state index in [1.165, 1.54) is 25.4 Å². The molecule has 2 aliphatic carbocycles. The van der Waals surface area contributed by atoms with Gasteiger partial charge < -0.3 is 26.2 Å². The molecule has 14 nitrogen and oxygen atoms in total. The third-order valence-electron chi connectivity index (χ3n) is 11.0. The molecule has 4 N–H and O–H groups in total. The molecule has 0 bridgehead atoms. The Morgan fingerprint density at radius 3 is 2.23 bits per heavy atom. The summed E-state index contributed by atoms with van der Waals surface area (Å²) in [6, 6.07) is 0.355. The van der Waals surface area contributed by atoms with Gasteiger partial charge in [0.25, 0.3) is 15.9 Å². The summed E-state index contributed by atoms with van der Waals surface area (Å²) in [5.74, 6) is -2.21. The van der Waals surface area contributed by atoms with Gasteiger partial charge in [-0.2, -0.15) is 4.31 Å². The molecule has 2 saturated carbocycles. The monoisotopic (exact) mass is 757 g/mol. The van der Waals surface area contributed by atoms with E-state index in [0.717, 1.165) is 42.8 Å². The zero-order chi connectivity index (χ0) is 39.3. The Labute approximate surface area is 314 Å². The molecule has 4 rings (SSSR count). The quantitative estimate of drug-likeness (QED) is 0.155. The average Bonchev–Trinajstić information content (AvgIpc) is 3.67. The largest absolute Gasteiger partial charge is 0.346 e. The number of likely N-dealkylation sites (N-methyl/N-ethyl adjacent to an activating group) is 1. The molecule has 3 aliphatic rings. The Balaban J connectivity index is 1.53. The van der Waals surface area contributed by atoms with Gasteiger partial charge in [0.1, 0.15) is 12.1 Å². The maximum Gasteiger partial charge on any atom is 0.315 e. The molecule has 1 saturated heterocycles. The third kappa shape index (κ3) is 10.2. The first-order chi connectivity index (χ1) is 24.7. The normalized spacial score (nSPS) is 22.2. The van der Waals surface area contributed by atoms with E-state index >= 15 is 0 Å². The first-order valence-electron chi connectivity index (χ1n) is 18.7. The summed E-state index contributed by atoms with van der Waals surface area (Å²) in [6.07, 6.45) is 8.59. The number of nitrogens with zero attached hydrogens (tertiary/aromatic N) is 3. The summed E-state index contributed by atoms with van der Waals surface area (Å²) in [6.45, 7) is 15.1. The highest BCUT2D eigenvalue weighted by molar-refractivity contribution is 7.89. The molecule has 0 radical (unpaired) electrons. The maximum absolute atomic E-state index is 14.6. The molecule has 1 aromatic heterocycles. The maximum atomic E-state index is 14.6. The van der Waals surface area contributed by atoms with Crippen molar-refractivity contribution in [3.63, 3.8) is 0 Å². The van der Waals surface area contributed by atoms with Crippen LogP contribution in [0.15, 0.2) is 42.1 Å². The zero-order valence-electron chi connectivity index (χ0n) is 32.3. The topological polar surface area (TPSA) is 187 Å². The fraction of sp³-hybridized carbons (Fsp3) is 0.684. The molecule has 1 unspecified atom stereocenters. The van der Waals surface area contributed by atoms with Crippen LogP contribution in [0.2, 0.25) is 0 Å². The molecule has 0 aromatic carbocycles. The summed E-state index contributed by atoms with van der Waals surface area (Å²) < 4.78 is 27.7. The van der Waals surface area contributed by atoms with E-state index in [0.29, 0.717) is 13.0 Å². The predicted octanol–water partition coefficient (Wildman–Crippen LogP) is 3.00. The second-order valence-electron chi connectivity index (χ2n) is 17.0. The Hall–Kier alpha value is -3.85. The lowest BCUT2D eigenvalue weighted by Gasteiger charge is -2.38. The molecule has 6 atom stereocenters. The highest BCUT2D eigenvalue weighted by Crippen LogP contribution is 2.43. The highest BCUT2D eigenvalue weighted by atomic mass is 32.2. The average molecular weight is 758 g/mol. The minimum absolute atomic E-state index is 0.0615. The molecule has 294 valence electrons. The lowest BCUT2D eigenvalue weighted by atomic mass is 9.80. The number of rotatable bonds is 15. The number of aromatic nitrogens is 1. The lowest BCUT2D eigenvalue weighted by Crippen LogP contribution is -2.62. The smallest absolute Gasteiger partial charge is 0.315 e. The van der Waals surface area contributed by atoms with Gasteiger partial charge in [-0.15, -0.1) is 6.58 Å². The SMILES string of the molecule is C=CCNC(=O)C(=O)C(CC1CCC1)NC(=O)[C@@H]1[C@H]2CCC[C@H]2CN1C(=O)[C@@H](NC(=O)N[C@H](CN(C)S(=O)(=O)c1ccccn1)C(C)(C)C)C(C)(C)C. The minimum Gasteiger partial charge on any atom is -0.346 e. The van der Waals surface area contributed by atoms with Gasteiger partial charge in [0.05, 0.1) is 6.04 Å². The van der Waals surface area contributed by atoms with Crippen molar-refractivity contribution in [1.29, 1.82) is 0 Å². The number of nitrogens with one attached hydrogen (secondary N) is 4. The second kappa shape index (κ2) is 17.1. The molecule has 2 heterocycles. The number of ketones is 1. The van der Waals surface area contributed by atoms with E-state index < -0.39 is 74.6 Å². The van der Waals surface area contributed by atoms with Crippen LogP contribution in [0.5, 0.6) is 0 Å². The van der Waals surface area contributed by atoms with E-state index in [-0.39, 0.29) is 35.9 Å². The number of urea groups is 1. The van der Waals surface area contributed by atoms with Gasteiger partial charge in [0.15, 0.2) is 5.03 Å². The number of pyridine rings is 1. The van der Waals surface area contributed by atoms with Crippen molar-refractivity contribution in [1.82, 2.24) is 35.5 Å².